The zero-order valence-corrected chi connectivity index (χ0v) is 20.4. The molecular formula is C33H24N4. The Balaban J connectivity index is 1.33. The number of aromatic nitrogens is 4. The van der Waals surface area contributed by atoms with E-state index in [2.05, 4.69) is 67.6 Å². The SMILES string of the molecule is Cc1ccc(-c2ccc(-c3ccc(-c4nc(-c5ccccc5)nc(-c5ccccc5)n4)cc3)cn2)cc1. The van der Waals surface area contributed by atoms with Crippen LogP contribution in [0.15, 0.2) is 128 Å². The van der Waals surface area contributed by atoms with Gasteiger partial charge in [0, 0.05) is 34.0 Å². The van der Waals surface area contributed by atoms with E-state index in [1.54, 1.807) is 0 Å². The van der Waals surface area contributed by atoms with Gasteiger partial charge in [0.15, 0.2) is 17.5 Å². The summed E-state index contributed by atoms with van der Waals surface area (Å²) in [5.41, 5.74) is 8.33. The molecule has 4 nitrogen and oxygen atoms in total. The van der Waals surface area contributed by atoms with Gasteiger partial charge in [0.05, 0.1) is 5.69 Å². The van der Waals surface area contributed by atoms with Crippen LogP contribution < -0.4 is 0 Å². The van der Waals surface area contributed by atoms with E-state index in [0.717, 1.165) is 39.1 Å². The topological polar surface area (TPSA) is 51.6 Å². The smallest absolute Gasteiger partial charge is 0.164 e. The quantitative estimate of drug-likeness (QED) is 0.254. The lowest BCUT2D eigenvalue weighted by molar-refractivity contribution is 1.07. The van der Waals surface area contributed by atoms with Crippen molar-refractivity contribution in [1.29, 1.82) is 0 Å². The Bertz CT molecular complexity index is 1570. The van der Waals surface area contributed by atoms with E-state index < -0.39 is 0 Å². The Kier molecular flexibility index (Phi) is 6.05. The summed E-state index contributed by atoms with van der Waals surface area (Å²) in [5, 5.41) is 0. The van der Waals surface area contributed by atoms with Gasteiger partial charge in [-0.1, -0.05) is 121 Å². The Morgan fingerprint density at radius 3 is 1.30 bits per heavy atom. The molecule has 0 saturated carbocycles. The van der Waals surface area contributed by atoms with E-state index in [0.29, 0.717) is 17.5 Å². The molecule has 4 heteroatoms. The third-order valence-electron chi connectivity index (χ3n) is 6.29. The fourth-order valence-electron chi connectivity index (χ4n) is 4.21. The highest BCUT2D eigenvalue weighted by atomic mass is 15.0. The van der Waals surface area contributed by atoms with E-state index in [1.807, 2.05) is 66.9 Å². The molecule has 4 aromatic carbocycles. The summed E-state index contributed by atoms with van der Waals surface area (Å²) in [6.45, 7) is 2.09. The molecule has 0 atom stereocenters. The minimum Gasteiger partial charge on any atom is -0.256 e. The van der Waals surface area contributed by atoms with Gasteiger partial charge in [-0.2, -0.15) is 0 Å². The molecule has 6 aromatic rings. The molecule has 0 N–H and O–H groups in total. The van der Waals surface area contributed by atoms with Crippen LogP contribution in [0.5, 0.6) is 0 Å². The van der Waals surface area contributed by atoms with Crippen LogP contribution in [0.25, 0.3) is 56.5 Å². The summed E-state index contributed by atoms with van der Waals surface area (Å²) < 4.78 is 0. The molecule has 6 rings (SSSR count). The van der Waals surface area contributed by atoms with Gasteiger partial charge in [-0.15, -0.1) is 0 Å². The summed E-state index contributed by atoms with van der Waals surface area (Å²) in [5.74, 6) is 1.96. The lowest BCUT2D eigenvalue weighted by Crippen LogP contribution is -2.00. The second-order valence-corrected chi connectivity index (χ2v) is 8.91. The monoisotopic (exact) mass is 476 g/mol. The first kappa shape index (κ1) is 22.5. The number of pyridine rings is 1. The fraction of sp³-hybridized carbons (Fsp3) is 0.0303. The first-order valence-electron chi connectivity index (χ1n) is 12.2. The van der Waals surface area contributed by atoms with Crippen LogP contribution in [-0.4, -0.2) is 19.9 Å². The zero-order valence-electron chi connectivity index (χ0n) is 20.4. The highest BCUT2D eigenvalue weighted by Crippen LogP contribution is 2.28. The van der Waals surface area contributed by atoms with Crippen LogP contribution in [0.4, 0.5) is 0 Å². The van der Waals surface area contributed by atoms with Gasteiger partial charge in [0.2, 0.25) is 0 Å². The van der Waals surface area contributed by atoms with Gasteiger partial charge in [0.25, 0.3) is 0 Å². The van der Waals surface area contributed by atoms with Crippen molar-refractivity contribution in [2.75, 3.05) is 0 Å². The zero-order chi connectivity index (χ0) is 25.0. The number of benzene rings is 4. The molecule has 0 spiro atoms. The highest BCUT2D eigenvalue weighted by Gasteiger charge is 2.12. The van der Waals surface area contributed by atoms with Gasteiger partial charge in [-0.3, -0.25) is 4.98 Å². The molecule has 0 saturated heterocycles. The Morgan fingerprint density at radius 1 is 0.378 bits per heavy atom. The van der Waals surface area contributed by atoms with Gasteiger partial charge in [0.1, 0.15) is 0 Å². The van der Waals surface area contributed by atoms with E-state index in [4.69, 9.17) is 19.9 Å². The Morgan fingerprint density at radius 2 is 0.811 bits per heavy atom. The van der Waals surface area contributed by atoms with E-state index in [9.17, 15) is 0 Å². The van der Waals surface area contributed by atoms with Crippen LogP contribution in [0.2, 0.25) is 0 Å². The molecular weight excluding hydrogens is 452 g/mol. The largest absolute Gasteiger partial charge is 0.256 e. The van der Waals surface area contributed by atoms with Crippen molar-refractivity contribution in [2.24, 2.45) is 0 Å². The van der Waals surface area contributed by atoms with Crippen LogP contribution in [0.3, 0.4) is 0 Å². The molecule has 0 fully saturated rings. The molecule has 0 aliphatic rings. The van der Waals surface area contributed by atoms with Crippen molar-refractivity contribution in [3.63, 3.8) is 0 Å². The summed E-state index contributed by atoms with van der Waals surface area (Å²) in [6.07, 6.45) is 1.92. The highest BCUT2D eigenvalue weighted by molar-refractivity contribution is 5.71. The lowest BCUT2D eigenvalue weighted by atomic mass is 10.0. The molecule has 0 bridgehead atoms. The van der Waals surface area contributed by atoms with Gasteiger partial charge in [-0.05, 0) is 18.6 Å². The normalized spacial score (nSPS) is 10.8. The fourth-order valence-corrected chi connectivity index (χ4v) is 4.21. The van der Waals surface area contributed by atoms with Crippen molar-refractivity contribution in [2.45, 2.75) is 6.92 Å². The Hall–Kier alpha value is -4.96. The van der Waals surface area contributed by atoms with Gasteiger partial charge >= 0.3 is 0 Å². The van der Waals surface area contributed by atoms with Crippen LogP contribution >= 0.6 is 0 Å². The molecule has 0 unspecified atom stereocenters. The molecule has 0 aliphatic heterocycles. The summed E-state index contributed by atoms with van der Waals surface area (Å²) >= 11 is 0. The van der Waals surface area contributed by atoms with Crippen molar-refractivity contribution in [3.8, 4) is 56.5 Å². The molecule has 176 valence electrons. The van der Waals surface area contributed by atoms with Crippen LogP contribution in [-0.2, 0) is 0 Å². The number of hydrogen-bond donors (Lipinski definition) is 0. The average molecular weight is 477 g/mol. The van der Waals surface area contributed by atoms with Crippen LogP contribution in [0, 0.1) is 6.92 Å². The average Bonchev–Trinajstić information content (AvgIpc) is 2.98. The van der Waals surface area contributed by atoms with Crippen molar-refractivity contribution in [3.05, 3.63) is 133 Å². The summed E-state index contributed by atoms with van der Waals surface area (Å²) in [7, 11) is 0. The maximum Gasteiger partial charge on any atom is 0.164 e. The van der Waals surface area contributed by atoms with Crippen LogP contribution in [0.1, 0.15) is 5.56 Å². The predicted molar refractivity (Wildman–Crippen MR) is 150 cm³/mol. The Labute approximate surface area is 216 Å². The lowest BCUT2D eigenvalue weighted by Gasteiger charge is -2.09. The van der Waals surface area contributed by atoms with E-state index in [1.165, 1.54) is 5.56 Å². The van der Waals surface area contributed by atoms with E-state index >= 15 is 0 Å². The number of rotatable bonds is 5. The molecule has 2 aromatic heterocycles. The van der Waals surface area contributed by atoms with Crippen molar-refractivity contribution >= 4 is 0 Å². The minimum absolute atomic E-state index is 0.645. The van der Waals surface area contributed by atoms with E-state index in [-0.39, 0.29) is 0 Å². The van der Waals surface area contributed by atoms with Crippen molar-refractivity contribution < 1.29 is 0 Å². The van der Waals surface area contributed by atoms with Gasteiger partial charge in [-0.25, -0.2) is 15.0 Å². The second-order valence-electron chi connectivity index (χ2n) is 8.91. The molecule has 0 amide bonds. The maximum atomic E-state index is 4.82. The number of aryl methyl sites for hydroxylation is 1. The third-order valence-corrected chi connectivity index (χ3v) is 6.29. The minimum atomic E-state index is 0.645. The van der Waals surface area contributed by atoms with Crippen molar-refractivity contribution in [1.82, 2.24) is 19.9 Å². The molecule has 37 heavy (non-hydrogen) atoms. The summed E-state index contributed by atoms with van der Waals surface area (Å²) in [6, 6.07) is 40.9. The first-order chi connectivity index (χ1) is 18.2. The summed E-state index contributed by atoms with van der Waals surface area (Å²) in [4.78, 5) is 19.1. The molecule has 2 heterocycles. The molecule has 0 aliphatic carbocycles. The predicted octanol–water partition coefficient (Wildman–Crippen LogP) is 7.91. The maximum absolute atomic E-state index is 4.82. The third kappa shape index (κ3) is 4.91. The standard InChI is InChI=1S/C33H24N4/c1-23-12-14-25(15-13-23)30-21-20-29(22-34-30)24-16-18-28(19-17-24)33-36-31(26-8-4-2-5-9-26)35-32(37-33)27-10-6-3-7-11-27/h2-22H,1H3. The number of hydrogen-bond acceptors (Lipinski definition) is 4. The second kappa shape index (κ2) is 9.96. The number of nitrogens with zero attached hydrogens (tertiary/aromatic N) is 4. The molecule has 0 radical (unpaired) electrons. The first-order valence-corrected chi connectivity index (χ1v) is 12.2. The van der Waals surface area contributed by atoms with Gasteiger partial charge < -0.3 is 0 Å².